The van der Waals surface area contributed by atoms with Crippen LogP contribution in [0.15, 0.2) is 54.6 Å². The number of fused-ring (bicyclic) bond motifs is 6. The second-order valence-electron chi connectivity index (χ2n) is 12.1. The van der Waals surface area contributed by atoms with Crippen LogP contribution in [0.4, 0.5) is 0 Å². The summed E-state index contributed by atoms with van der Waals surface area (Å²) in [6.07, 6.45) is -15.3. The number of hydrogen-bond donors (Lipinski definition) is 8. The molecule has 15 nitrogen and oxygen atoms in total. The lowest BCUT2D eigenvalue weighted by Crippen LogP contribution is -2.60. The highest BCUT2D eigenvalue weighted by Crippen LogP contribution is 2.57. The standard InChI is InChI=1S/C33H33ClO15/c34-10-13-2-1-3-18-23(13)30(43)49-33(18)16-6-4-14(44-31-28(41)26(39)24(37)21(11-35)47-31)8-19(16)46-20-9-15(5-7-17(20)33)45-32-29(42)27(40)25(38)22(12-36)48-32/h1-9,21-22,24-29,31-32,35-42H,10-12H2/t21-,22-,24+,25+,26+,27+,28-,29-,31-,32-/m1/s1. The van der Waals surface area contributed by atoms with Gasteiger partial charge in [0.05, 0.1) is 18.8 Å². The average Bonchev–Trinajstić information content (AvgIpc) is 3.40. The summed E-state index contributed by atoms with van der Waals surface area (Å²) >= 11 is 6.21. The highest BCUT2D eigenvalue weighted by atomic mass is 35.5. The minimum absolute atomic E-state index is 0.0301. The number of rotatable bonds is 7. The molecule has 3 aromatic carbocycles. The number of aliphatic hydroxyl groups is 8. The monoisotopic (exact) mass is 704 g/mol. The molecule has 1 spiro atoms. The summed E-state index contributed by atoms with van der Waals surface area (Å²) < 4.78 is 35.2. The van der Waals surface area contributed by atoms with Gasteiger partial charge in [0.2, 0.25) is 12.6 Å². The second-order valence-corrected chi connectivity index (χ2v) is 12.4. The van der Waals surface area contributed by atoms with E-state index in [0.717, 1.165) is 0 Å². The lowest BCUT2D eigenvalue weighted by atomic mass is 9.77. The maximum absolute atomic E-state index is 13.5. The molecule has 10 atom stereocenters. The van der Waals surface area contributed by atoms with Crippen molar-refractivity contribution in [3.63, 3.8) is 0 Å². The predicted molar refractivity (Wildman–Crippen MR) is 163 cm³/mol. The van der Waals surface area contributed by atoms with Crippen LogP contribution in [0.3, 0.4) is 0 Å². The van der Waals surface area contributed by atoms with E-state index in [2.05, 4.69) is 0 Å². The molecular formula is C33H33ClO15. The van der Waals surface area contributed by atoms with E-state index in [1.807, 2.05) is 0 Å². The lowest BCUT2D eigenvalue weighted by molar-refractivity contribution is -0.277. The van der Waals surface area contributed by atoms with Gasteiger partial charge in [-0.25, -0.2) is 4.79 Å². The number of ether oxygens (including phenoxy) is 6. The van der Waals surface area contributed by atoms with Gasteiger partial charge < -0.3 is 69.3 Å². The molecule has 0 amide bonds. The summed E-state index contributed by atoms with van der Waals surface area (Å²) in [5.74, 6) is -0.173. The summed E-state index contributed by atoms with van der Waals surface area (Å²) in [5.41, 5.74) is 0.526. The van der Waals surface area contributed by atoms with E-state index >= 15 is 0 Å². The van der Waals surface area contributed by atoms with Crippen molar-refractivity contribution in [1.82, 2.24) is 0 Å². The SMILES string of the molecule is O=C1OC2(c3ccc(O[C@@H]4O[C@H](CO)[C@H](O)[C@H](O)[C@H]4O)cc3Oc3cc(O[C@@H]4O[C@H](CO)[C@H](O)[C@H](O)[C@H]4O)ccc32)c2cccc(CCl)c21. The molecule has 4 aliphatic heterocycles. The number of esters is 1. The van der Waals surface area contributed by atoms with Gasteiger partial charge in [-0.2, -0.15) is 0 Å². The highest BCUT2D eigenvalue weighted by molar-refractivity contribution is 6.18. The number of aliphatic hydroxyl groups excluding tert-OH is 8. The molecule has 0 bridgehead atoms. The van der Waals surface area contributed by atoms with Crippen LogP contribution in [0.1, 0.15) is 32.6 Å². The zero-order chi connectivity index (χ0) is 34.8. The number of benzene rings is 3. The van der Waals surface area contributed by atoms with Gasteiger partial charge in [-0.05, 0) is 29.8 Å². The molecule has 2 fully saturated rings. The largest absolute Gasteiger partial charge is 0.462 e. The van der Waals surface area contributed by atoms with Crippen LogP contribution < -0.4 is 14.2 Å². The predicted octanol–water partition coefficient (Wildman–Crippen LogP) is -0.649. The average molecular weight is 705 g/mol. The van der Waals surface area contributed by atoms with Gasteiger partial charge in [-0.1, -0.05) is 18.2 Å². The highest BCUT2D eigenvalue weighted by Gasteiger charge is 2.55. The Bertz CT molecular complexity index is 1640. The van der Waals surface area contributed by atoms with E-state index in [-0.39, 0.29) is 34.4 Å². The zero-order valence-electron chi connectivity index (χ0n) is 25.4. The van der Waals surface area contributed by atoms with Gasteiger partial charge in [0.15, 0.2) is 5.60 Å². The third kappa shape index (κ3) is 5.42. The van der Waals surface area contributed by atoms with Crippen molar-refractivity contribution < 1.29 is 74.1 Å². The van der Waals surface area contributed by atoms with Crippen molar-refractivity contribution in [1.29, 1.82) is 0 Å². The smallest absolute Gasteiger partial charge is 0.340 e. The quantitative estimate of drug-likeness (QED) is 0.113. The topological polar surface area (TPSA) is 234 Å². The van der Waals surface area contributed by atoms with E-state index in [9.17, 15) is 45.6 Å². The van der Waals surface area contributed by atoms with E-state index in [1.54, 1.807) is 30.3 Å². The molecular weight excluding hydrogens is 672 g/mol. The third-order valence-corrected chi connectivity index (χ3v) is 9.50. The van der Waals surface area contributed by atoms with Gasteiger partial charge in [0, 0.05) is 34.7 Å². The Morgan fingerprint density at radius 1 is 0.673 bits per heavy atom. The Kier molecular flexibility index (Phi) is 8.96. The molecule has 2 saturated heterocycles. The molecule has 3 aromatic rings. The van der Waals surface area contributed by atoms with E-state index in [0.29, 0.717) is 22.3 Å². The minimum Gasteiger partial charge on any atom is -0.462 e. The fraction of sp³-hybridized carbons (Fsp3) is 0.424. The fourth-order valence-electron chi connectivity index (χ4n) is 6.65. The van der Waals surface area contributed by atoms with Crippen LogP contribution in [0.5, 0.6) is 23.0 Å². The first-order valence-corrected chi connectivity index (χ1v) is 15.9. The summed E-state index contributed by atoms with van der Waals surface area (Å²) in [6.45, 7) is -1.31. The van der Waals surface area contributed by atoms with Gasteiger partial charge in [-0.15, -0.1) is 11.6 Å². The van der Waals surface area contributed by atoms with Gasteiger partial charge in [0.25, 0.3) is 0 Å². The first kappa shape index (κ1) is 33.9. The molecule has 49 heavy (non-hydrogen) atoms. The van der Waals surface area contributed by atoms with Gasteiger partial charge >= 0.3 is 5.97 Å². The third-order valence-electron chi connectivity index (χ3n) is 9.21. The summed E-state index contributed by atoms with van der Waals surface area (Å²) in [7, 11) is 0. The fourth-order valence-corrected chi connectivity index (χ4v) is 6.88. The van der Waals surface area contributed by atoms with Crippen LogP contribution in [-0.2, 0) is 25.7 Å². The minimum atomic E-state index is -1.68. The van der Waals surface area contributed by atoms with Crippen LogP contribution in [-0.4, -0.2) is 121 Å². The Labute approximate surface area is 282 Å². The van der Waals surface area contributed by atoms with Gasteiger partial charge in [0.1, 0.15) is 71.8 Å². The summed E-state index contributed by atoms with van der Waals surface area (Å²) in [6, 6.07) is 14.2. The van der Waals surface area contributed by atoms with Crippen molar-refractivity contribution in [2.45, 2.75) is 72.9 Å². The van der Waals surface area contributed by atoms with E-state index < -0.39 is 86.2 Å². The number of carbonyl (C=O) groups is 1. The number of hydrogen-bond acceptors (Lipinski definition) is 15. The van der Waals surface area contributed by atoms with Crippen LogP contribution in [0.2, 0.25) is 0 Å². The Morgan fingerprint density at radius 2 is 1.18 bits per heavy atom. The molecule has 16 heteroatoms. The zero-order valence-corrected chi connectivity index (χ0v) is 26.2. The molecule has 0 radical (unpaired) electrons. The molecule has 0 saturated carbocycles. The van der Waals surface area contributed by atoms with E-state index in [1.165, 1.54) is 24.3 Å². The molecule has 4 aliphatic rings. The molecule has 262 valence electrons. The van der Waals surface area contributed by atoms with Crippen molar-refractivity contribution >= 4 is 17.6 Å². The van der Waals surface area contributed by atoms with Gasteiger partial charge in [-0.3, -0.25) is 0 Å². The van der Waals surface area contributed by atoms with Crippen LogP contribution >= 0.6 is 11.6 Å². The van der Waals surface area contributed by atoms with Crippen molar-refractivity contribution in [3.05, 3.63) is 82.4 Å². The summed E-state index contributed by atoms with van der Waals surface area (Å²) in [4.78, 5) is 13.5. The molecule has 0 aromatic heterocycles. The van der Waals surface area contributed by atoms with Crippen molar-refractivity contribution in [2.75, 3.05) is 13.2 Å². The first-order valence-electron chi connectivity index (χ1n) is 15.3. The summed E-state index contributed by atoms with van der Waals surface area (Å²) in [5, 5.41) is 81.0. The first-order chi connectivity index (χ1) is 23.5. The van der Waals surface area contributed by atoms with Crippen LogP contribution in [0.25, 0.3) is 0 Å². The lowest BCUT2D eigenvalue weighted by Gasteiger charge is -2.40. The van der Waals surface area contributed by atoms with E-state index in [4.69, 9.17) is 40.0 Å². The van der Waals surface area contributed by atoms with Crippen molar-refractivity contribution in [3.8, 4) is 23.0 Å². The number of halogens is 1. The Balaban J connectivity index is 1.29. The Morgan fingerprint density at radius 3 is 1.65 bits per heavy atom. The molecule has 0 aliphatic carbocycles. The maximum atomic E-state index is 13.5. The molecule has 4 heterocycles. The maximum Gasteiger partial charge on any atom is 0.340 e. The molecule has 0 unspecified atom stereocenters. The van der Waals surface area contributed by atoms with Crippen LogP contribution in [0, 0.1) is 0 Å². The molecule has 8 N–H and O–H groups in total. The normalized spacial score (nSPS) is 32.8. The number of alkyl halides is 1. The molecule has 7 rings (SSSR count). The van der Waals surface area contributed by atoms with Crippen molar-refractivity contribution in [2.24, 2.45) is 0 Å². The second kappa shape index (κ2) is 12.9. The Hall–Kier alpha value is -3.58. The number of carbonyl (C=O) groups excluding carboxylic acids is 1.